The molecule has 0 unspecified atom stereocenters. The van der Waals surface area contributed by atoms with Gasteiger partial charge in [-0.25, -0.2) is 9.37 Å². The lowest BCUT2D eigenvalue weighted by atomic mass is 10.1. The number of piperidine rings is 1. The standard InChI is InChI=1S/C21H22Cl2FN5O/c1-12(19-16(22)2-3-17(24)20(19)23)30-18-8-13(9-27-21(18)25)14-10-28-29(11-14)15-4-6-26-7-5-15/h2-3,8-12,15,26H,4-7H2,1H3,(H2,25,27)/t12-/m0/s1/i1D3,6D2,7D2,9D,12D. The van der Waals surface area contributed by atoms with Crippen LogP contribution < -0.4 is 15.8 Å². The van der Waals surface area contributed by atoms with Crippen LogP contribution in [0.4, 0.5) is 10.2 Å². The number of anilines is 1. The minimum Gasteiger partial charge on any atom is -0.482 e. The lowest BCUT2D eigenvalue weighted by Crippen LogP contribution is -2.29. The van der Waals surface area contributed by atoms with Crippen molar-refractivity contribution in [2.45, 2.75) is 31.8 Å². The number of nitrogen functional groups attached to an aromatic ring is 1. The monoisotopic (exact) mass is 458 g/mol. The molecular formula is C21H22Cl2FN5O. The first-order valence-corrected chi connectivity index (χ1v) is 9.53. The lowest BCUT2D eigenvalue weighted by Gasteiger charge is -2.22. The summed E-state index contributed by atoms with van der Waals surface area (Å²) < 4.78 is 93.9. The second-order valence-electron chi connectivity index (χ2n) is 6.43. The first kappa shape index (κ1) is 12.5. The topological polar surface area (TPSA) is 78.0 Å². The van der Waals surface area contributed by atoms with E-state index in [1.165, 1.54) is 23.1 Å². The third kappa shape index (κ3) is 4.24. The highest BCUT2D eigenvalue weighted by Crippen LogP contribution is 2.37. The zero-order valence-electron chi connectivity index (χ0n) is 24.3. The summed E-state index contributed by atoms with van der Waals surface area (Å²) >= 11 is 12.1. The van der Waals surface area contributed by atoms with Gasteiger partial charge < -0.3 is 15.8 Å². The number of aromatic nitrogens is 3. The number of benzene rings is 1. The molecule has 2 aromatic heterocycles. The van der Waals surface area contributed by atoms with E-state index in [0.29, 0.717) is 0 Å². The van der Waals surface area contributed by atoms with Gasteiger partial charge in [0, 0.05) is 43.7 Å². The second-order valence-corrected chi connectivity index (χ2v) is 7.22. The highest BCUT2D eigenvalue weighted by atomic mass is 35.5. The van der Waals surface area contributed by atoms with Crippen molar-refractivity contribution in [1.82, 2.24) is 20.1 Å². The zero-order chi connectivity index (χ0) is 29.1. The Morgan fingerprint density at radius 1 is 1.43 bits per heavy atom. The zero-order valence-corrected chi connectivity index (χ0v) is 16.9. The van der Waals surface area contributed by atoms with Crippen LogP contribution in [-0.4, -0.2) is 27.8 Å². The Labute approximate surface area is 196 Å². The molecular weight excluding hydrogens is 428 g/mol. The average molecular weight is 459 g/mol. The molecule has 3 aromatic rings. The van der Waals surface area contributed by atoms with Gasteiger partial charge in [0.15, 0.2) is 11.6 Å². The Hall–Kier alpha value is -2.35. The first-order chi connectivity index (χ1) is 17.8. The maximum Gasteiger partial charge on any atom is 0.166 e. The molecule has 1 aliphatic heterocycles. The van der Waals surface area contributed by atoms with Crippen LogP contribution >= 0.6 is 23.2 Å². The van der Waals surface area contributed by atoms with Crippen molar-refractivity contribution in [1.29, 1.82) is 0 Å². The van der Waals surface area contributed by atoms with Crippen molar-refractivity contribution in [3.63, 3.8) is 0 Å². The van der Waals surface area contributed by atoms with Gasteiger partial charge in [-0.3, -0.25) is 4.68 Å². The van der Waals surface area contributed by atoms with Crippen LogP contribution in [0, 0.1) is 5.82 Å². The van der Waals surface area contributed by atoms with Crippen molar-refractivity contribution in [3.8, 4) is 16.9 Å². The van der Waals surface area contributed by atoms with E-state index < -0.39 is 59.9 Å². The number of nitrogens with one attached hydrogen (secondary N) is 1. The smallest absolute Gasteiger partial charge is 0.166 e. The summed E-state index contributed by atoms with van der Waals surface area (Å²) in [6.45, 7) is -7.23. The number of rotatable bonds is 5. The number of pyridine rings is 1. The van der Waals surface area contributed by atoms with Gasteiger partial charge >= 0.3 is 0 Å². The van der Waals surface area contributed by atoms with Gasteiger partial charge in [0.2, 0.25) is 0 Å². The summed E-state index contributed by atoms with van der Waals surface area (Å²) in [6.07, 6.45) is -0.747. The van der Waals surface area contributed by atoms with Crippen LogP contribution in [0.3, 0.4) is 0 Å². The van der Waals surface area contributed by atoms with Gasteiger partial charge in [-0.1, -0.05) is 23.2 Å². The van der Waals surface area contributed by atoms with E-state index in [4.69, 9.17) is 46.0 Å². The van der Waals surface area contributed by atoms with E-state index in [1.54, 1.807) is 0 Å². The molecule has 0 amide bonds. The molecule has 0 aliphatic carbocycles. The maximum absolute atomic E-state index is 14.3. The fraction of sp³-hybridized carbons (Fsp3) is 0.333. The minimum absolute atomic E-state index is 0.0646. The van der Waals surface area contributed by atoms with Crippen molar-refractivity contribution in [3.05, 3.63) is 58.2 Å². The van der Waals surface area contributed by atoms with E-state index in [-0.39, 0.29) is 35.2 Å². The summed E-state index contributed by atoms with van der Waals surface area (Å²) in [7, 11) is 0. The molecule has 1 atom stereocenters. The summed E-state index contributed by atoms with van der Waals surface area (Å²) in [6, 6.07) is 2.46. The van der Waals surface area contributed by atoms with Gasteiger partial charge in [-0.15, -0.1) is 0 Å². The number of ether oxygens (including phenoxy) is 1. The Morgan fingerprint density at radius 2 is 2.23 bits per heavy atom. The van der Waals surface area contributed by atoms with Crippen LogP contribution in [0.2, 0.25) is 10.0 Å². The van der Waals surface area contributed by atoms with Crippen LogP contribution in [0.5, 0.6) is 5.75 Å². The van der Waals surface area contributed by atoms with Crippen molar-refractivity contribution in [2.24, 2.45) is 0 Å². The summed E-state index contributed by atoms with van der Waals surface area (Å²) in [5.41, 5.74) is 5.61. The van der Waals surface area contributed by atoms with Gasteiger partial charge in [-0.2, -0.15) is 5.10 Å². The van der Waals surface area contributed by atoms with E-state index in [2.05, 4.69) is 15.4 Å². The van der Waals surface area contributed by atoms with E-state index in [1.807, 2.05) is 0 Å². The Bertz CT molecular complexity index is 1410. The summed E-state index contributed by atoms with van der Waals surface area (Å²) in [5, 5.41) is 5.45. The predicted octanol–water partition coefficient (Wildman–Crippen LogP) is 5.04. The van der Waals surface area contributed by atoms with Crippen LogP contribution in [0.1, 0.15) is 49.7 Å². The average Bonchev–Trinajstić information content (AvgIpc) is 3.26. The Balaban J connectivity index is 1.76. The molecule has 158 valence electrons. The molecule has 4 rings (SSSR count). The molecule has 0 saturated carbocycles. The lowest BCUT2D eigenvalue weighted by molar-refractivity contribution is 0.227. The Kier molecular flexibility index (Phi) is 3.66. The SMILES string of the molecule is [2H]c1nc(N)c(O[C@]([2H])(c2c(Cl)ccc(F)c2Cl)C([2H])([2H])[2H])cc1-c1cnn(C2CC([2H])([2H])NC([2H])([2H])C2)c1. The summed E-state index contributed by atoms with van der Waals surface area (Å²) in [4.78, 5) is 3.89. The molecule has 30 heavy (non-hydrogen) atoms. The molecule has 0 bridgehead atoms. The van der Waals surface area contributed by atoms with Gasteiger partial charge in [-0.05, 0) is 50.9 Å². The maximum atomic E-state index is 14.3. The number of nitrogens with two attached hydrogens (primary N) is 1. The van der Waals surface area contributed by atoms with Crippen LogP contribution in [-0.2, 0) is 0 Å². The van der Waals surface area contributed by atoms with E-state index >= 15 is 0 Å². The third-order valence-corrected chi connectivity index (χ3v) is 5.13. The van der Waals surface area contributed by atoms with Gasteiger partial charge in [0.05, 0.1) is 20.0 Å². The van der Waals surface area contributed by atoms with Crippen molar-refractivity contribution < 1.29 is 21.5 Å². The second kappa shape index (κ2) is 8.79. The minimum atomic E-state index is -3.25. The largest absolute Gasteiger partial charge is 0.482 e. The first-order valence-electron chi connectivity index (χ1n) is 13.3. The highest BCUT2D eigenvalue weighted by Gasteiger charge is 2.21. The molecule has 3 N–H and O–H groups in total. The molecule has 6 nitrogen and oxygen atoms in total. The molecule has 1 saturated heterocycles. The number of halogens is 3. The molecule has 0 radical (unpaired) electrons. The van der Waals surface area contributed by atoms with E-state index in [9.17, 15) is 4.39 Å². The quantitative estimate of drug-likeness (QED) is 0.523. The van der Waals surface area contributed by atoms with Crippen LogP contribution in [0.15, 0.2) is 36.8 Å². The van der Waals surface area contributed by atoms with Crippen LogP contribution in [0.25, 0.3) is 11.1 Å². The molecule has 1 aliphatic rings. The Morgan fingerprint density at radius 3 is 3.00 bits per heavy atom. The molecule has 1 aromatic carbocycles. The third-order valence-electron chi connectivity index (χ3n) is 4.45. The van der Waals surface area contributed by atoms with E-state index in [0.717, 1.165) is 12.1 Å². The number of hydrogen-bond donors (Lipinski definition) is 2. The van der Waals surface area contributed by atoms with Gasteiger partial charge in [0.25, 0.3) is 0 Å². The molecule has 3 heterocycles. The molecule has 0 spiro atoms. The van der Waals surface area contributed by atoms with Crippen molar-refractivity contribution in [2.75, 3.05) is 18.7 Å². The highest BCUT2D eigenvalue weighted by molar-refractivity contribution is 6.36. The summed E-state index contributed by atoms with van der Waals surface area (Å²) in [5.74, 6) is -1.88. The van der Waals surface area contributed by atoms with Crippen molar-refractivity contribution >= 4 is 29.0 Å². The molecule has 9 heteroatoms. The number of nitrogens with zero attached hydrogens (tertiary/aromatic N) is 3. The fourth-order valence-electron chi connectivity index (χ4n) is 2.87. The fourth-order valence-corrected chi connectivity index (χ4v) is 3.42. The molecule has 1 fully saturated rings. The normalized spacial score (nSPS) is 25.1. The number of hydrogen-bond acceptors (Lipinski definition) is 5. The predicted molar refractivity (Wildman–Crippen MR) is 116 cm³/mol. The van der Waals surface area contributed by atoms with Gasteiger partial charge in [0.1, 0.15) is 11.9 Å².